The van der Waals surface area contributed by atoms with Gasteiger partial charge in [-0.25, -0.2) is 9.97 Å². The smallest absolute Gasteiger partial charge is 0.236 e. The number of hydrogen-bond donors (Lipinski definition) is 0. The third-order valence-electron chi connectivity index (χ3n) is 8.84. The van der Waals surface area contributed by atoms with E-state index in [-0.39, 0.29) is 0 Å². The van der Waals surface area contributed by atoms with E-state index in [0.29, 0.717) is 11.6 Å². The molecule has 0 unspecified atom stereocenters. The number of rotatable bonds is 1. The van der Waals surface area contributed by atoms with Crippen molar-refractivity contribution in [3.63, 3.8) is 0 Å². The molecule has 0 spiro atoms. The molecule has 41 heavy (non-hydrogen) atoms. The van der Waals surface area contributed by atoms with Crippen LogP contribution in [-0.4, -0.2) is 23.9 Å². The maximum Gasteiger partial charge on any atom is 0.236 e. The predicted molar refractivity (Wildman–Crippen MR) is 169 cm³/mol. The first kappa shape index (κ1) is 21.3. The van der Waals surface area contributed by atoms with Crippen molar-refractivity contribution in [2.75, 3.05) is 0 Å². The Morgan fingerprint density at radius 2 is 1.27 bits per heavy atom. The Kier molecular flexibility index (Phi) is 3.81. The summed E-state index contributed by atoms with van der Waals surface area (Å²) in [4.78, 5) is 14.6. The monoisotopic (exact) mass is 523 g/mol. The van der Waals surface area contributed by atoms with Gasteiger partial charge >= 0.3 is 0 Å². The van der Waals surface area contributed by atoms with Gasteiger partial charge in [-0.05, 0) is 54.1 Å². The number of aryl methyl sites for hydroxylation is 1. The molecule has 0 fully saturated rings. The molecule has 10 rings (SSSR count). The molecular formula is C36H21N5. The molecule has 0 saturated heterocycles. The van der Waals surface area contributed by atoms with Gasteiger partial charge in [0.05, 0.1) is 33.3 Å². The molecule has 0 radical (unpaired) electrons. The summed E-state index contributed by atoms with van der Waals surface area (Å²) in [6.07, 6.45) is 1.80. The molecule has 5 aromatic carbocycles. The fourth-order valence-corrected chi connectivity index (χ4v) is 7.19. The Morgan fingerprint density at radius 3 is 2.17 bits per heavy atom. The fraction of sp³-hybridized carbons (Fsp3) is 0.0278. The fourth-order valence-electron chi connectivity index (χ4n) is 7.19. The molecule has 5 aromatic heterocycles. The third-order valence-corrected chi connectivity index (χ3v) is 8.84. The van der Waals surface area contributed by atoms with Crippen molar-refractivity contribution in [2.45, 2.75) is 6.92 Å². The first-order valence-corrected chi connectivity index (χ1v) is 13.9. The van der Waals surface area contributed by atoms with E-state index in [1.165, 1.54) is 59.6 Å². The first-order valence-electron chi connectivity index (χ1n) is 13.9. The summed E-state index contributed by atoms with van der Waals surface area (Å²) < 4.78 is 4.70. The summed E-state index contributed by atoms with van der Waals surface area (Å²) in [7, 11) is 0. The van der Waals surface area contributed by atoms with Crippen molar-refractivity contribution in [1.29, 1.82) is 0 Å². The van der Waals surface area contributed by atoms with Gasteiger partial charge in [-0.3, -0.25) is 4.57 Å². The van der Waals surface area contributed by atoms with Gasteiger partial charge in [0.2, 0.25) is 5.95 Å². The zero-order chi connectivity index (χ0) is 26.8. The van der Waals surface area contributed by atoms with E-state index < -0.39 is 0 Å². The number of pyridine rings is 1. The Labute approximate surface area is 233 Å². The van der Waals surface area contributed by atoms with Crippen LogP contribution in [-0.2, 0) is 0 Å². The van der Waals surface area contributed by atoms with Gasteiger partial charge in [0.25, 0.3) is 0 Å². The number of hydrogen-bond acceptors (Lipinski definition) is 3. The minimum atomic E-state index is 0.645. The highest BCUT2D eigenvalue weighted by Crippen LogP contribution is 2.47. The number of nitrogens with zero attached hydrogens (tertiary/aromatic N) is 5. The first-order chi connectivity index (χ1) is 20.3. The number of aromatic nitrogens is 5. The summed E-state index contributed by atoms with van der Waals surface area (Å²) >= 11 is 0. The van der Waals surface area contributed by atoms with Crippen LogP contribution in [0.4, 0.5) is 0 Å². The third kappa shape index (κ3) is 2.54. The molecular weight excluding hydrogens is 502 g/mol. The van der Waals surface area contributed by atoms with Crippen LogP contribution < -0.4 is 0 Å². The second-order valence-corrected chi connectivity index (χ2v) is 10.9. The van der Waals surface area contributed by atoms with Crippen molar-refractivity contribution in [3.8, 4) is 5.95 Å². The van der Waals surface area contributed by atoms with E-state index in [0.717, 1.165) is 22.1 Å². The van der Waals surface area contributed by atoms with Crippen LogP contribution >= 0.6 is 0 Å². The molecule has 0 atom stereocenters. The molecule has 0 N–H and O–H groups in total. The molecule has 0 bridgehead atoms. The lowest BCUT2D eigenvalue weighted by Crippen LogP contribution is -2.04. The van der Waals surface area contributed by atoms with E-state index in [2.05, 4.69) is 105 Å². The van der Waals surface area contributed by atoms with Crippen molar-refractivity contribution in [3.05, 3.63) is 115 Å². The van der Waals surface area contributed by atoms with Crippen LogP contribution in [0.3, 0.4) is 0 Å². The van der Waals surface area contributed by atoms with E-state index in [4.69, 9.17) is 9.97 Å². The Bertz CT molecular complexity index is 2710. The van der Waals surface area contributed by atoms with E-state index in [1.807, 2.05) is 19.1 Å². The minimum Gasteiger partial charge on any atom is -0.308 e. The lowest BCUT2D eigenvalue weighted by molar-refractivity contribution is 0.981. The van der Waals surface area contributed by atoms with Gasteiger partial charge in [0, 0.05) is 43.9 Å². The number of benzene rings is 5. The zero-order valence-electron chi connectivity index (χ0n) is 22.1. The maximum atomic E-state index is 5.04. The Balaban J connectivity index is 1.53. The van der Waals surface area contributed by atoms with Crippen molar-refractivity contribution < 1.29 is 0 Å². The lowest BCUT2D eigenvalue weighted by atomic mass is 9.98. The molecule has 5 heterocycles. The van der Waals surface area contributed by atoms with E-state index >= 15 is 0 Å². The van der Waals surface area contributed by atoms with Crippen LogP contribution in [0.2, 0.25) is 0 Å². The summed E-state index contributed by atoms with van der Waals surface area (Å²) in [5.41, 5.74) is 7.55. The van der Waals surface area contributed by atoms with Gasteiger partial charge in [-0.2, -0.15) is 4.98 Å². The summed E-state index contributed by atoms with van der Waals surface area (Å²) in [5, 5.41) is 11.0. The average Bonchev–Trinajstić information content (AvgIpc) is 3.65. The van der Waals surface area contributed by atoms with Gasteiger partial charge in [0.1, 0.15) is 0 Å². The van der Waals surface area contributed by atoms with Gasteiger partial charge < -0.3 is 4.40 Å². The molecule has 190 valence electrons. The van der Waals surface area contributed by atoms with Crippen LogP contribution in [0, 0.1) is 6.92 Å². The second kappa shape index (κ2) is 7.34. The van der Waals surface area contributed by atoms with Crippen molar-refractivity contribution in [1.82, 2.24) is 23.9 Å². The van der Waals surface area contributed by atoms with Crippen molar-refractivity contribution in [2.24, 2.45) is 0 Å². The number of fused-ring (bicyclic) bond motifs is 13. The van der Waals surface area contributed by atoms with Gasteiger partial charge in [-0.15, -0.1) is 0 Å². The van der Waals surface area contributed by atoms with Crippen LogP contribution in [0.1, 0.15) is 5.69 Å². The summed E-state index contributed by atoms with van der Waals surface area (Å²) in [6, 6.07) is 37.0. The highest BCUT2D eigenvalue weighted by Gasteiger charge is 2.25. The van der Waals surface area contributed by atoms with Crippen LogP contribution in [0.5, 0.6) is 0 Å². The molecule has 0 amide bonds. The number of para-hydroxylation sites is 2. The second-order valence-electron chi connectivity index (χ2n) is 10.9. The van der Waals surface area contributed by atoms with Gasteiger partial charge in [-0.1, -0.05) is 66.7 Å². The summed E-state index contributed by atoms with van der Waals surface area (Å²) in [6.45, 7) is 2.04. The maximum absolute atomic E-state index is 5.04. The largest absolute Gasteiger partial charge is 0.308 e. The summed E-state index contributed by atoms with van der Waals surface area (Å²) in [5.74, 6) is 0.645. The SMILES string of the molecule is Cc1nc(-n2c3ccccc3c3c4c5c6ccccc6ccc5n5c6ccccc6c(cc32)c45)nc2ncccc12. The van der Waals surface area contributed by atoms with E-state index in [1.54, 1.807) is 6.20 Å². The minimum absolute atomic E-state index is 0.645. The normalized spacial score (nSPS) is 12.5. The topological polar surface area (TPSA) is 48.0 Å². The van der Waals surface area contributed by atoms with Crippen LogP contribution in [0.25, 0.3) is 87.7 Å². The molecule has 5 nitrogen and oxygen atoms in total. The molecule has 0 aliphatic carbocycles. The average molecular weight is 524 g/mol. The molecule has 5 heteroatoms. The molecule has 0 aliphatic rings. The zero-order valence-corrected chi connectivity index (χ0v) is 22.1. The highest BCUT2D eigenvalue weighted by atomic mass is 15.2. The van der Waals surface area contributed by atoms with Crippen molar-refractivity contribution >= 4 is 81.7 Å². The Morgan fingerprint density at radius 1 is 0.537 bits per heavy atom. The molecule has 0 saturated carbocycles. The van der Waals surface area contributed by atoms with Crippen LogP contribution in [0.15, 0.2) is 109 Å². The standard InChI is InChI=1S/C36H21N5/c1-20-22-13-8-18-37-35(22)39-36(38-20)41-28-15-7-5-12-25(28)32-30(41)19-26-24-11-4-6-14-27(24)40-29-17-16-21-9-2-3-10-23(21)31(29)33(32)34(26)40/h2-19H,1H3. The lowest BCUT2D eigenvalue weighted by Gasteiger charge is -2.09. The van der Waals surface area contributed by atoms with Gasteiger partial charge in [0.15, 0.2) is 5.65 Å². The molecule has 0 aliphatic heterocycles. The predicted octanol–water partition coefficient (Wildman–Crippen LogP) is 8.73. The highest BCUT2D eigenvalue weighted by molar-refractivity contribution is 6.38. The van der Waals surface area contributed by atoms with E-state index in [9.17, 15) is 0 Å². The molecule has 10 aromatic rings. The Hall–Kier alpha value is -5.55. The quantitative estimate of drug-likeness (QED) is 0.216.